The number of hydrogen-bond acceptors (Lipinski definition) is 6. The molecule has 2 aliphatic heterocycles. The Labute approximate surface area is 220 Å². The van der Waals surface area contributed by atoms with Gasteiger partial charge in [0.25, 0.3) is 11.0 Å². The smallest absolute Gasteiger partial charge is 0.275 e. The second-order valence-corrected chi connectivity index (χ2v) is 12.1. The molecule has 2 atom stereocenters. The first kappa shape index (κ1) is 24.4. The van der Waals surface area contributed by atoms with Crippen molar-refractivity contribution >= 4 is 60.0 Å². The highest BCUT2D eigenvalue weighted by molar-refractivity contribution is 9.10. The van der Waals surface area contributed by atoms with Gasteiger partial charge in [-0.2, -0.15) is 0 Å². The van der Waals surface area contributed by atoms with Gasteiger partial charge in [-0.25, -0.2) is 8.42 Å². The van der Waals surface area contributed by atoms with Crippen molar-refractivity contribution in [2.75, 3.05) is 5.75 Å². The van der Waals surface area contributed by atoms with Crippen LogP contribution in [-0.2, 0) is 31.6 Å². The van der Waals surface area contributed by atoms with E-state index in [0.717, 1.165) is 0 Å². The fourth-order valence-corrected chi connectivity index (χ4v) is 6.33. The van der Waals surface area contributed by atoms with Crippen molar-refractivity contribution in [3.8, 4) is 0 Å². The van der Waals surface area contributed by atoms with Crippen LogP contribution >= 0.6 is 39.1 Å². The number of halogens is 3. The maximum absolute atomic E-state index is 13.8. The molecule has 11 heteroatoms. The summed E-state index contributed by atoms with van der Waals surface area (Å²) in [5.41, 5.74) is 0.291. The first-order valence-electron chi connectivity index (χ1n) is 10.5. The highest BCUT2D eigenvalue weighted by atomic mass is 79.9. The molecule has 35 heavy (non-hydrogen) atoms. The number of benzene rings is 2. The summed E-state index contributed by atoms with van der Waals surface area (Å²) < 4.78 is 31.6. The molecular formula is C24H17BrCl2N2O5S. The van der Waals surface area contributed by atoms with Crippen molar-refractivity contribution in [1.82, 2.24) is 9.88 Å². The molecule has 3 heterocycles. The zero-order valence-corrected chi connectivity index (χ0v) is 21.9. The molecule has 1 fully saturated rings. The summed E-state index contributed by atoms with van der Waals surface area (Å²) in [6.07, 6.45) is 0.210. The van der Waals surface area contributed by atoms with E-state index in [4.69, 9.17) is 27.9 Å². The van der Waals surface area contributed by atoms with Crippen LogP contribution in [0.5, 0.6) is 0 Å². The van der Waals surface area contributed by atoms with E-state index in [1.807, 2.05) is 0 Å². The fraction of sp³-hybridized carbons (Fsp3) is 0.208. The van der Waals surface area contributed by atoms with Crippen LogP contribution in [0.3, 0.4) is 0 Å². The highest BCUT2D eigenvalue weighted by Gasteiger charge is 2.56. The van der Waals surface area contributed by atoms with E-state index in [1.54, 1.807) is 54.6 Å². The van der Waals surface area contributed by atoms with Gasteiger partial charge < -0.3 is 4.74 Å². The molecule has 7 nitrogen and oxygen atoms in total. The number of ether oxygens (including phenoxy) is 1. The highest BCUT2D eigenvalue weighted by Crippen LogP contribution is 2.48. The Hall–Kier alpha value is -2.30. The predicted octanol–water partition coefficient (Wildman–Crippen LogP) is 4.74. The number of carbonyl (C=O) groups excluding carboxylic acids is 2. The number of aromatic nitrogens is 1. The standard InChI is InChI=1S/C24H17BrCl2N2O5S/c25-15-3-8-20-19(11-15)22(30)29(13-18-7-6-17(27)12-28-18)24(20,14-1-4-16(26)5-2-14)34-21-9-10-35(32,33)23(21)31/h1-8,11-12,21H,9-10,13H2. The van der Waals surface area contributed by atoms with Gasteiger partial charge in [-0.3, -0.25) is 19.5 Å². The van der Waals surface area contributed by atoms with Crippen LogP contribution in [0.2, 0.25) is 10.0 Å². The van der Waals surface area contributed by atoms with Crippen molar-refractivity contribution in [2.45, 2.75) is 24.8 Å². The summed E-state index contributed by atoms with van der Waals surface area (Å²) in [6.45, 7) is 0.0125. The summed E-state index contributed by atoms with van der Waals surface area (Å²) in [7, 11) is -3.93. The van der Waals surface area contributed by atoms with E-state index < -0.39 is 26.8 Å². The van der Waals surface area contributed by atoms with Crippen LogP contribution in [-0.4, -0.2) is 41.2 Å². The minimum atomic E-state index is -3.93. The van der Waals surface area contributed by atoms with Crippen LogP contribution in [0.15, 0.2) is 65.3 Å². The molecule has 2 aromatic carbocycles. The Morgan fingerprint density at radius 2 is 1.77 bits per heavy atom. The molecule has 1 saturated heterocycles. The summed E-state index contributed by atoms with van der Waals surface area (Å²) in [5.74, 6) is -0.672. The molecule has 0 saturated carbocycles. The number of hydrogen-bond donors (Lipinski definition) is 0. The van der Waals surface area contributed by atoms with Gasteiger partial charge in [-0.05, 0) is 42.8 Å². The minimum Gasteiger partial charge on any atom is -0.335 e. The zero-order valence-electron chi connectivity index (χ0n) is 17.9. The lowest BCUT2D eigenvalue weighted by molar-refractivity contribution is -0.158. The second kappa shape index (κ2) is 8.97. The van der Waals surface area contributed by atoms with Gasteiger partial charge in [0.2, 0.25) is 9.84 Å². The maximum atomic E-state index is 13.8. The molecule has 1 amide bonds. The average molecular weight is 596 g/mol. The van der Waals surface area contributed by atoms with Crippen LogP contribution in [0.4, 0.5) is 0 Å². The Kier molecular flexibility index (Phi) is 6.26. The zero-order chi connectivity index (χ0) is 25.0. The molecule has 0 radical (unpaired) electrons. The number of fused-ring (bicyclic) bond motifs is 1. The number of rotatable bonds is 5. The van der Waals surface area contributed by atoms with Crippen LogP contribution in [0.1, 0.15) is 33.6 Å². The monoisotopic (exact) mass is 594 g/mol. The topological polar surface area (TPSA) is 93.6 Å². The lowest BCUT2D eigenvalue weighted by Crippen LogP contribution is -2.49. The first-order chi connectivity index (χ1) is 16.6. The van der Waals surface area contributed by atoms with Crippen LogP contribution in [0, 0.1) is 0 Å². The van der Waals surface area contributed by atoms with Gasteiger partial charge in [-0.15, -0.1) is 0 Å². The van der Waals surface area contributed by atoms with Gasteiger partial charge in [-0.1, -0.05) is 57.3 Å². The molecule has 2 aliphatic rings. The minimum absolute atomic E-state index is 0.0103. The third kappa shape index (κ3) is 4.19. The van der Waals surface area contributed by atoms with Crippen molar-refractivity contribution in [1.29, 1.82) is 0 Å². The van der Waals surface area contributed by atoms with E-state index in [0.29, 0.717) is 36.9 Å². The summed E-state index contributed by atoms with van der Waals surface area (Å²) >= 11 is 15.5. The molecule has 0 spiro atoms. The Balaban J connectivity index is 1.73. The summed E-state index contributed by atoms with van der Waals surface area (Å²) in [4.78, 5) is 32.3. The molecule has 0 bridgehead atoms. The maximum Gasteiger partial charge on any atom is 0.275 e. The third-order valence-corrected chi connectivity index (χ3v) is 8.70. The largest absolute Gasteiger partial charge is 0.335 e. The van der Waals surface area contributed by atoms with E-state index in [1.165, 1.54) is 11.1 Å². The number of carbonyl (C=O) groups is 2. The second-order valence-electron chi connectivity index (χ2n) is 8.23. The number of pyridine rings is 1. The van der Waals surface area contributed by atoms with Gasteiger partial charge in [0, 0.05) is 32.4 Å². The fourth-order valence-electron chi connectivity index (χ4n) is 4.44. The van der Waals surface area contributed by atoms with Gasteiger partial charge in [0.1, 0.15) is 6.10 Å². The van der Waals surface area contributed by atoms with E-state index in [-0.39, 0.29) is 24.6 Å². The lowest BCUT2D eigenvalue weighted by Gasteiger charge is -2.40. The van der Waals surface area contributed by atoms with E-state index >= 15 is 0 Å². The molecule has 0 N–H and O–H groups in total. The third-order valence-electron chi connectivity index (χ3n) is 6.08. The van der Waals surface area contributed by atoms with Crippen LogP contribution in [0.25, 0.3) is 0 Å². The van der Waals surface area contributed by atoms with Gasteiger partial charge >= 0.3 is 0 Å². The lowest BCUT2D eigenvalue weighted by atomic mass is 9.93. The van der Waals surface area contributed by atoms with E-state index in [2.05, 4.69) is 20.9 Å². The number of sulfone groups is 1. The molecule has 180 valence electrons. The van der Waals surface area contributed by atoms with Crippen molar-refractivity contribution in [3.05, 3.63) is 97.7 Å². The predicted molar refractivity (Wildman–Crippen MR) is 134 cm³/mol. The van der Waals surface area contributed by atoms with Crippen molar-refractivity contribution in [3.63, 3.8) is 0 Å². The number of nitrogens with zero attached hydrogens (tertiary/aromatic N) is 2. The Morgan fingerprint density at radius 1 is 1.06 bits per heavy atom. The molecule has 2 unspecified atom stereocenters. The van der Waals surface area contributed by atoms with E-state index in [9.17, 15) is 18.0 Å². The Morgan fingerprint density at radius 3 is 2.40 bits per heavy atom. The van der Waals surface area contributed by atoms with Crippen molar-refractivity contribution in [2.24, 2.45) is 0 Å². The van der Waals surface area contributed by atoms with Gasteiger partial charge in [0.15, 0.2) is 5.72 Å². The molecule has 1 aromatic heterocycles. The summed E-state index contributed by atoms with van der Waals surface area (Å²) in [5, 5.41) is -0.0844. The average Bonchev–Trinajstić information content (AvgIpc) is 3.21. The Bertz CT molecular complexity index is 1450. The normalized spacial score (nSPS) is 23.1. The van der Waals surface area contributed by atoms with Crippen LogP contribution < -0.4 is 0 Å². The first-order valence-corrected chi connectivity index (χ1v) is 13.7. The quantitative estimate of drug-likeness (QED) is 0.423. The molecule has 3 aromatic rings. The molecule has 5 rings (SSSR count). The SMILES string of the molecule is O=C1c2cc(Br)ccc2C(OC2CCS(=O)(=O)C2=O)(c2ccc(Cl)cc2)N1Cc1ccc(Cl)cn1. The molecular weight excluding hydrogens is 579 g/mol. The summed E-state index contributed by atoms with van der Waals surface area (Å²) in [6, 6.07) is 15.2. The molecule has 0 aliphatic carbocycles. The number of amides is 1. The van der Waals surface area contributed by atoms with Crippen molar-refractivity contribution < 1.29 is 22.7 Å². The van der Waals surface area contributed by atoms with Gasteiger partial charge in [0.05, 0.1) is 23.0 Å².